The molecule has 0 amide bonds. The van der Waals surface area contributed by atoms with Crippen molar-refractivity contribution in [3.63, 3.8) is 0 Å². The number of hydrogen-bond donors (Lipinski definition) is 1. The molecule has 3 heterocycles. The third-order valence-electron chi connectivity index (χ3n) is 5.30. The Morgan fingerprint density at radius 3 is 2.61 bits per heavy atom. The van der Waals surface area contributed by atoms with Gasteiger partial charge in [-0.15, -0.1) is 5.10 Å². The van der Waals surface area contributed by atoms with Crippen molar-refractivity contribution in [1.29, 1.82) is 0 Å². The number of nitrogens with zero attached hydrogens (tertiary/aromatic N) is 5. The van der Waals surface area contributed by atoms with Crippen LogP contribution in [0.3, 0.4) is 0 Å². The minimum Gasteiger partial charge on any atom is -0.308 e. The number of aromatic nitrogens is 5. The summed E-state index contributed by atoms with van der Waals surface area (Å²) in [6.07, 6.45) is 1.87. The van der Waals surface area contributed by atoms with Crippen molar-refractivity contribution < 1.29 is 0 Å². The summed E-state index contributed by atoms with van der Waals surface area (Å²) in [4.78, 5) is 22.3. The number of nitrogens with one attached hydrogen (secondary N) is 1. The van der Waals surface area contributed by atoms with Gasteiger partial charge in [-0.2, -0.15) is 0 Å². The lowest BCUT2D eigenvalue weighted by molar-refractivity contribution is 0.174. The van der Waals surface area contributed by atoms with E-state index in [1.54, 1.807) is 0 Å². The summed E-state index contributed by atoms with van der Waals surface area (Å²) < 4.78 is 1.84. The van der Waals surface area contributed by atoms with E-state index in [9.17, 15) is 4.79 Å². The van der Waals surface area contributed by atoms with Crippen molar-refractivity contribution >= 4 is 22.8 Å². The first-order chi connectivity index (χ1) is 13.3. The van der Waals surface area contributed by atoms with E-state index in [0.717, 1.165) is 43.1 Å². The van der Waals surface area contributed by atoms with Gasteiger partial charge in [0.25, 0.3) is 5.56 Å². The van der Waals surface area contributed by atoms with E-state index in [1.807, 2.05) is 43.7 Å². The first-order valence-corrected chi connectivity index (χ1v) is 10.0. The lowest BCUT2D eigenvalue weighted by Crippen LogP contribution is -2.34. The molecule has 8 heteroatoms. The van der Waals surface area contributed by atoms with E-state index in [1.165, 1.54) is 0 Å². The Hall–Kier alpha value is -2.25. The number of piperidine rings is 1. The molecule has 4 rings (SSSR count). The standard InChI is InChI=1S/C20H25ClN6O/c1-20(2,3)19-22-17-16(18(28)23-19)24-25-27(17)14-8-10-26(11-9-14)12-13-6-4-5-7-15(13)21/h4-7,14H,8-12H2,1-3H3,(H,22,23,28). The lowest BCUT2D eigenvalue weighted by Gasteiger charge is -2.32. The van der Waals surface area contributed by atoms with Crippen LogP contribution in [-0.4, -0.2) is 43.0 Å². The fourth-order valence-corrected chi connectivity index (χ4v) is 3.83. The topological polar surface area (TPSA) is 79.7 Å². The summed E-state index contributed by atoms with van der Waals surface area (Å²) in [6.45, 7) is 8.80. The van der Waals surface area contributed by atoms with Crippen molar-refractivity contribution in [2.75, 3.05) is 13.1 Å². The minimum atomic E-state index is -0.249. The Balaban J connectivity index is 1.53. The smallest absolute Gasteiger partial charge is 0.281 e. The maximum atomic E-state index is 12.4. The molecule has 3 aromatic rings. The highest BCUT2D eigenvalue weighted by atomic mass is 35.5. The largest absolute Gasteiger partial charge is 0.308 e. The predicted octanol–water partition coefficient (Wildman–Crippen LogP) is 3.30. The number of benzene rings is 1. The average molecular weight is 401 g/mol. The van der Waals surface area contributed by atoms with E-state index in [4.69, 9.17) is 16.6 Å². The summed E-state index contributed by atoms with van der Waals surface area (Å²) in [7, 11) is 0. The lowest BCUT2D eigenvalue weighted by atomic mass is 9.96. The van der Waals surface area contributed by atoms with Gasteiger partial charge in [-0.25, -0.2) is 9.67 Å². The molecule has 0 saturated carbocycles. The predicted molar refractivity (Wildman–Crippen MR) is 110 cm³/mol. The van der Waals surface area contributed by atoms with E-state index >= 15 is 0 Å². The van der Waals surface area contributed by atoms with E-state index in [-0.39, 0.29) is 17.0 Å². The molecule has 1 saturated heterocycles. The van der Waals surface area contributed by atoms with Crippen LogP contribution in [0.5, 0.6) is 0 Å². The summed E-state index contributed by atoms with van der Waals surface area (Å²) in [6, 6.07) is 8.17. The molecule has 148 valence electrons. The molecule has 1 aromatic carbocycles. The zero-order chi connectivity index (χ0) is 19.9. The maximum absolute atomic E-state index is 12.4. The van der Waals surface area contributed by atoms with Crippen LogP contribution in [0.1, 0.15) is 51.0 Å². The normalized spacial score (nSPS) is 16.7. The Labute approximate surface area is 168 Å². The van der Waals surface area contributed by atoms with E-state index in [0.29, 0.717) is 17.0 Å². The molecule has 28 heavy (non-hydrogen) atoms. The van der Waals surface area contributed by atoms with Crippen molar-refractivity contribution in [2.24, 2.45) is 0 Å². The van der Waals surface area contributed by atoms with E-state index in [2.05, 4.69) is 26.3 Å². The van der Waals surface area contributed by atoms with Gasteiger partial charge >= 0.3 is 0 Å². The van der Waals surface area contributed by atoms with Crippen LogP contribution in [-0.2, 0) is 12.0 Å². The Kier molecular flexibility index (Phi) is 4.97. The number of rotatable bonds is 3. The monoisotopic (exact) mass is 400 g/mol. The summed E-state index contributed by atoms with van der Waals surface area (Å²) in [5.74, 6) is 0.657. The molecule has 2 aromatic heterocycles. The van der Waals surface area contributed by atoms with Gasteiger partial charge in [0.05, 0.1) is 6.04 Å². The van der Waals surface area contributed by atoms with Crippen LogP contribution in [0, 0.1) is 0 Å². The molecule has 0 unspecified atom stereocenters. The number of H-pyrrole nitrogens is 1. The number of aromatic amines is 1. The minimum absolute atomic E-state index is 0.189. The molecule has 7 nitrogen and oxygen atoms in total. The SMILES string of the molecule is CC(C)(C)c1nc2c(nnn2C2CCN(Cc3ccccc3Cl)CC2)c(=O)[nH]1. The van der Waals surface area contributed by atoms with E-state index < -0.39 is 0 Å². The van der Waals surface area contributed by atoms with Gasteiger partial charge in [-0.1, -0.05) is 55.8 Å². The van der Waals surface area contributed by atoms with Crippen molar-refractivity contribution in [1.82, 2.24) is 29.9 Å². The molecule has 0 bridgehead atoms. The zero-order valence-electron chi connectivity index (χ0n) is 16.4. The summed E-state index contributed by atoms with van der Waals surface area (Å²) in [5, 5.41) is 9.17. The highest BCUT2D eigenvalue weighted by Gasteiger charge is 2.26. The highest BCUT2D eigenvalue weighted by Crippen LogP contribution is 2.27. The Bertz CT molecular complexity index is 1040. The van der Waals surface area contributed by atoms with Gasteiger partial charge in [0, 0.05) is 30.1 Å². The van der Waals surface area contributed by atoms with Crippen LogP contribution < -0.4 is 5.56 Å². The molecule has 0 atom stereocenters. The number of likely N-dealkylation sites (tertiary alicyclic amines) is 1. The van der Waals surface area contributed by atoms with Crippen molar-refractivity contribution in [3.8, 4) is 0 Å². The molecular weight excluding hydrogens is 376 g/mol. The first-order valence-electron chi connectivity index (χ1n) is 9.64. The van der Waals surface area contributed by atoms with Crippen LogP contribution in [0.4, 0.5) is 0 Å². The molecule has 0 radical (unpaired) electrons. The Morgan fingerprint density at radius 1 is 1.21 bits per heavy atom. The summed E-state index contributed by atoms with van der Waals surface area (Å²) >= 11 is 6.30. The van der Waals surface area contributed by atoms with Gasteiger partial charge in [0.15, 0.2) is 11.2 Å². The maximum Gasteiger partial charge on any atom is 0.281 e. The molecule has 1 fully saturated rings. The molecular formula is C20H25ClN6O. The fraction of sp³-hybridized carbons (Fsp3) is 0.500. The van der Waals surface area contributed by atoms with Crippen molar-refractivity contribution in [3.05, 3.63) is 51.0 Å². The quantitative estimate of drug-likeness (QED) is 0.729. The van der Waals surface area contributed by atoms with Gasteiger partial charge < -0.3 is 4.98 Å². The second-order valence-electron chi connectivity index (χ2n) is 8.47. The second-order valence-corrected chi connectivity index (χ2v) is 8.88. The highest BCUT2D eigenvalue weighted by molar-refractivity contribution is 6.31. The van der Waals surface area contributed by atoms with Crippen LogP contribution in [0.15, 0.2) is 29.1 Å². The van der Waals surface area contributed by atoms with Crippen molar-refractivity contribution in [2.45, 2.75) is 51.6 Å². The molecule has 0 aliphatic carbocycles. The fourth-order valence-electron chi connectivity index (χ4n) is 3.63. The Morgan fingerprint density at radius 2 is 1.93 bits per heavy atom. The second kappa shape index (κ2) is 7.29. The molecule has 1 aliphatic heterocycles. The number of fused-ring (bicyclic) bond motifs is 1. The van der Waals surface area contributed by atoms with Gasteiger partial charge in [-0.05, 0) is 24.5 Å². The van der Waals surface area contributed by atoms with Crippen LogP contribution >= 0.6 is 11.6 Å². The number of halogens is 1. The average Bonchev–Trinajstić information content (AvgIpc) is 3.08. The van der Waals surface area contributed by atoms with Gasteiger partial charge in [0.2, 0.25) is 0 Å². The third-order valence-corrected chi connectivity index (χ3v) is 5.67. The number of hydrogen-bond acceptors (Lipinski definition) is 5. The van der Waals surface area contributed by atoms with Gasteiger partial charge in [-0.3, -0.25) is 9.69 Å². The third kappa shape index (κ3) is 3.69. The van der Waals surface area contributed by atoms with Gasteiger partial charge in [0.1, 0.15) is 5.82 Å². The summed E-state index contributed by atoms with van der Waals surface area (Å²) in [5.41, 5.74) is 1.57. The zero-order valence-corrected chi connectivity index (χ0v) is 17.2. The first kappa shape index (κ1) is 19.1. The van der Waals surface area contributed by atoms with Crippen LogP contribution in [0.2, 0.25) is 5.02 Å². The molecule has 1 N–H and O–H groups in total. The van der Waals surface area contributed by atoms with Crippen LogP contribution in [0.25, 0.3) is 11.2 Å². The molecule has 0 spiro atoms. The molecule has 1 aliphatic rings.